The van der Waals surface area contributed by atoms with Crippen molar-refractivity contribution in [3.8, 4) is 0 Å². The van der Waals surface area contributed by atoms with Crippen molar-refractivity contribution in [2.45, 2.75) is 32.7 Å². The molecule has 0 aliphatic carbocycles. The molecule has 0 unspecified atom stereocenters. The van der Waals surface area contributed by atoms with Crippen LogP contribution < -0.4 is 5.32 Å². The van der Waals surface area contributed by atoms with Gasteiger partial charge in [-0.25, -0.2) is 4.79 Å². The quantitative estimate of drug-likeness (QED) is 0.814. The van der Waals surface area contributed by atoms with Crippen molar-refractivity contribution in [3.05, 3.63) is 29.6 Å². The molecule has 0 fully saturated rings. The number of hydrogen-bond acceptors (Lipinski definition) is 3. The molecule has 1 aromatic rings. The van der Waals surface area contributed by atoms with E-state index in [1.807, 2.05) is 13.0 Å². The smallest absolute Gasteiger partial charge is 0.328 e. The van der Waals surface area contributed by atoms with Crippen molar-refractivity contribution < 1.29 is 14.7 Å². The number of amides is 1. The molecule has 0 atom stereocenters. The molecule has 0 aromatic carbocycles. The minimum absolute atomic E-state index is 0.129. The number of aryl methyl sites for hydroxylation is 1. The molecule has 5 nitrogen and oxygen atoms in total. The van der Waals surface area contributed by atoms with E-state index in [-0.39, 0.29) is 12.3 Å². The van der Waals surface area contributed by atoms with Crippen molar-refractivity contribution >= 4 is 11.9 Å². The largest absolute Gasteiger partial charge is 0.480 e. The normalized spacial score (nSPS) is 11.0. The van der Waals surface area contributed by atoms with E-state index in [4.69, 9.17) is 5.11 Å². The summed E-state index contributed by atoms with van der Waals surface area (Å²) in [5.74, 6) is -1.39. The van der Waals surface area contributed by atoms with Crippen LogP contribution in [0.5, 0.6) is 0 Å². The predicted molar refractivity (Wildman–Crippen MR) is 62.5 cm³/mol. The molecule has 1 aromatic heterocycles. The van der Waals surface area contributed by atoms with Crippen LogP contribution in [0.2, 0.25) is 0 Å². The summed E-state index contributed by atoms with van der Waals surface area (Å²) in [4.78, 5) is 26.5. The molecule has 0 saturated carbocycles. The number of aliphatic carboxylic acids is 1. The molecule has 0 aliphatic rings. The summed E-state index contributed by atoms with van der Waals surface area (Å²) in [6, 6.07) is 3.61. The summed E-state index contributed by atoms with van der Waals surface area (Å²) in [6.07, 6.45) is 1.74. The van der Waals surface area contributed by atoms with Crippen LogP contribution in [0.15, 0.2) is 18.3 Å². The van der Waals surface area contributed by atoms with Crippen molar-refractivity contribution in [1.29, 1.82) is 0 Å². The van der Waals surface area contributed by atoms with Gasteiger partial charge in [-0.3, -0.25) is 9.78 Å². The molecule has 0 bridgehead atoms. The van der Waals surface area contributed by atoms with Gasteiger partial charge in [0.15, 0.2) is 0 Å². The highest BCUT2D eigenvalue weighted by Gasteiger charge is 2.28. The van der Waals surface area contributed by atoms with Gasteiger partial charge >= 0.3 is 5.97 Å². The molecule has 0 aliphatic heterocycles. The third kappa shape index (κ3) is 3.86. The first-order valence-corrected chi connectivity index (χ1v) is 5.27. The van der Waals surface area contributed by atoms with Crippen molar-refractivity contribution in [3.63, 3.8) is 0 Å². The van der Waals surface area contributed by atoms with Crippen molar-refractivity contribution in [1.82, 2.24) is 10.3 Å². The Morgan fingerprint density at radius 2 is 2.06 bits per heavy atom. The molecule has 2 N–H and O–H groups in total. The first-order valence-electron chi connectivity index (χ1n) is 5.27. The van der Waals surface area contributed by atoms with Gasteiger partial charge in [-0.2, -0.15) is 0 Å². The van der Waals surface area contributed by atoms with Gasteiger partial charge in [-0.05, 0) is 32.4 Å². The summed E-state index contributed by atoms with van der Waals surface area (Å²) < 4.78 is 0. The molecule has 0 saturated heterocycles. The molecule has 1 amide bonds. The van der Waals surface area contributed by atoms with Gasteiger partial charge in [0.2, 0.25) is 5.91 Å². The van der Waals surface area contributed by atoms with Gasteiger partial charge in [0, 0.05) is 11.9 Å². The highest BCUT2D eigenvalue weighted by atomic mass is 16.4. The van der Waals surface area contributed by atoms with Gasteiger partial charge < -0.3 is 10.4 Å². The minimum atomic E-state index is -1.25. The lowest BCUT2D eigenvalue weighted by molar-refractivity contribution is -0.145. The number of rotatable bonds is 4. The monoisotopic (exact) mass is 236 g/mol. The Labute approximate surface area is 99.9 Å². The number of aromatic nitrogens is 1. The highest BCUT2D eigenvalue weighted by Crippen LogP contribution is 2.04. The molecule has 1 heterocycles. The standard InChI is InChI=1S/C12H16N2O3/c1-8-4-5-9(7-13-8)6-10(15)14-12(2,3)11(16)17/h4-5,7H,6H2,1-3H3,(H,14,15)(H,16,17). The van der Waals surface area contributed by atoms with E-state index in [2.05, 4.69) is 10.3 Å². The van der Waals surface area contributed by atoms with Crippen LogP contribution in [0.4, 0.5) is 0 Å². The zero-order chi connectivity index (χ0) is 13.1. The van der Waals surface area contributed by atoms with E-state index < -0.39 is 11.5 Å². The lowest BCUT2D eigenvalue weighted by atomic mass is 10.1. The number of hydrogen-bond donors (Lipinski definition) is 2. The van der Waals surface area contributed by atoms with Gasteiger partial charge in [-0.15, -0.1) is 0 Å². The summed E-state index contributed by atoms with van der Waals surface area (Å²) in [6.45, 7) is 4.75. The molecular formula is C12H16N2O3. The van der Waals surface area contributed by atoms with Crippen LogP contribution in [-0.2, 0) is 16.0 Å². The average molecular weight is 236 g/mol. The van der Waals surface area contributed by atoms with E-state index in [0.29, 0.717) is 0 Å². The van der Waals surface area contributed by atoms with E-state index >= 15 is 0 Å². The third-order valence-electron chi connectivity index (χ3n) is 2.32. The van der Waals surface area contributed by atoms with Crippen LogP contribution in [0, 0.1) is 6.92 Å². The Hall–Kier alpha value is -1.91. The number of nitrogens with zero attached hydrogens (tertiary/aromatic N) is 1. The summed E-state index contributed by atoms with van der Waals surface area (Å²) >= 11 is 0. The van der Waals surface area contributed by atoms with Gasteiger partial charge in [0.05, 0.1) is 6.42 Å². The molecule has 5 heteroatoms. The molecule has 17 heavy (non-hydrogen) atoms. The fourth-order valence-electron chi connectivity index (χ4n) is 1.23. The summed E-state index contributed by atoms with van der Waals surface area (Å²) in [5.41, 5.74) is 0.379. The lowest BCUT2D eigenvalue weighted by Gasteiger charge is -2.20. The number of carbonyl (C=O) groups excluding carboxylic acids is 1. The van der Waals surface area contributed by atoms with Crippen molar-refractivity contribution in [2.75, 3.05) is 0 Å². The lowest BCUT2D eigenvalue weighted by Crippen LogP contribution is -2.50. The van der Waals surface area contributed by atoms with Crippen LogP contribution in [0.3, 0.4) is 0 Å². The summed E-state index contributed by atoms with van der Waals surface area (Å²) in [7, 11) is 0. The Morgan fingerprint density at radius 1 is 1.41 bits per heavy atom. The fourth-order valence-corrected chi connectivity index (χ4v) is 1.23. The Balaban J connectivity index is 2.62. The first kappa shape index (κ1) is 13.2. The molecule has 0 spiro atoms. The second kappa shape index (κ2) is 4.95. The molecule has 0 radical (unpaired) electrons. The Bertz CT molecular complexity index is 424. The van der Waals surface area contributed by atoms with Gasteiger partial charge in [0.25, 0.3) is 0 Å². The molecule has 1 rings (SSSR count). The molecule has 92 valence electrons. The first-order chi connectivity index (χ1) is 7.81. The van der Waals surface area contributed by atoms with E-state index in [1.165, 1.54) is 13.8 Å². The maximum Gasteiger partial charge on any atom is 0.328 e. The van der Waals surface area contributed by atoms with Gasteiger partial charge in [-0.1, -0.05) is 6.07 Å². The second-order valence-electron chi connectivity index (χ2n) is 4.46. The van der Waals surface area contributed by atoms with E-state index in [0.717, 1.165) is 11.3 Å². The average Bonchev–Trinajstić information content (AvgIpc) is 2.20. The third-order valence-corrected chi connectivity index (χ3v) is 2.32. The van der Waals surface area contributed by atoms with E-state index in [9.17, 15) is 9.59 Å². The van der Waals surface area contributed by atoms with Crippen LogP contribution in [0.25, 0.3) is 0 Å². The highest BCUT2D eigenvalue weighted by molar-refractivity contribution is 5.87. The van der Waals surface area contributed by atoms with Crippen LogP contribution in [-0.4, -0.2) is 27.5 Å². The Morgan fingerprint density at radius 3 is 2.53 bits per heavy atom. The van der Waals surface area contributed by atoms with Crippen molar-refractivity contribution in [2.24, 2.45) is 0 Å². The van der Waals surface area contributed by atoms with E-state index in [1.54, 1.807) is 12.3 Å². The Kier molecular flexibility index (Phi) is 3.83. The number of nitrogens with one attached hydrogen (secondary N) is 1. The number of carbonyl (C=O) groups is 2. The second-order valence-corrected chi connectivity index (χ2v) is 4.46. The van der Waals surface area contributed by atoms with Gasteiger partial charge in [0.1, 0.15) is 5.54 Å². The maximum absolute atomic E-state index is 11.6. The topological polar surface area (TPSA) is 79.3 Å². The number of carboxylic acid groups (broad SMARTS) is 1. The SMILES string of the molecule is Cc1ccc(CC(=O)NC(C)(C)C(=O)O)cn1. The van der Waals surface area contributed by atoms with Crippen LogP contribution in [0.1, 0.15) is 25.1 Å². The summed E-state index contributed by atoms with van der Waals surface area (Å²) in [5, 5.41) is 11.3. The number of carboxylic acids is 1. The molecular weight excluding hydrogens is 220 g/mol. The maximum atomic E-state index is 11.6. The zero-order valence-electron chi connectivity index (χ0n) is 10.2. The fraction of sp³-hybridized carbons (Fsp3) is 0.417. The minimum Gasteiger partial charge on any atom is -0.480 e. The predicted octanol–water partition coefficient (Wildman–Crippen LogP) is 0.912. The number of pyridine rings is 1. The van der Waals surface area contributed by atoms with Crippen LogP contribution >= 0.6 is 0 Å². The zero-order valence-corrected chi connectivity index (χ0v) is 10.2.